The van der Waals surface area contributed by atoms with E-state index in [2.05, 4.69) is 18.4 Å². The molecule has 0 spiro atoms. The summed E-state index contributed by atoms with van der Waals surface area (Å²) in [6.07, 6.45) is 6.25. The highest BCUT2D eigenvalue weighted by atomic mass is 28.4. The third-order valence-electron chi connectivity index (χ3n) is 3.88. The van der Waals surface area contributed by atoms with Crippen LogP contribution < -0.4 is 0 Å². The van der Waals surface area contributed by atoms with E-state index >= 15 is 0 Å². The molecule has 96 valence electrons. The number of hydrogen-bond acceptors (Lipinski definition) is 3. The number of hydrogen-bond donors (Lipinski definition) is 0. The van der Waals surface area contributed by atoms with Crippen molar-refractivity contribution in [3.8, 4) is 0 Å². The van der Waals surface area contributed by atoms with Crippen molar-refractivity contribution in [1.82, 2.24) is 4.57 Å². The van der Waals surface area contributed by atoms with E-state index in [1.54, 1.807) is 0 Å². The fourth-order valence-corrected chi connectivity index (χ4v) is 6.78. The molecule has 0 saturated carbocycles. The van der Waals surface area contributed by atoms with Crippen LogP contribution >= 0.6 is 0 Å². The summed E-state index contributed by atoms with van der Waals surface area (Å²) in [5.41, 5.74) is 0.584. The molecular formula is C12H27NO2Si. The van der Waals surface area contributed by atoms with Crippen LogP contribution in [0.4, 0.5) is 0 Å². The molecule has 1 aliphatic rings. The first-order valence-corrected chi connectivity index (χ1v) is 8.44. The van der Waals surface area contributed by atoms with Crippen LogP contribution in [0.25, 0.3) is 0 Å². The van der Waals surface area contributed by atoms with Gasteiger partial charge >= 0.3 is 8.72 Å². The summed E-state index contributed by atoms with van der Waals surface area (Å²) in [6, 6.07) is 0. The van der Waals surface area contributed by atoms with E-state index in [9.17, 15) is 0 Å². The monoisotopic (exact) mass is 245 g/mol. The van der Waals surface area contributed by atoms with Crippen LogP contribution in [0.15, 0.2) is 0 Å². The normalized spacial score (nSPS) is 19.3. The fraction of sp³-hybridized carbons (Fsp3) is 1.00. The molecule has 1 heterocycles. The Bertz CT molecular complexity index is 187. The molecule has 1 aliphatic heterocycles. The number of nitrogens with zero attached hydrogens (tertiary/aromatic N) is 1. The zero-order valence-electron chi connectivity index (χ0n) is 11.3. The van der Waals surface area contributed by atoms with Crippen molar-refractivity contribution in [2.75, 3.05) is 27.3 Å². The lowest BCUT2D eigenvalue weighted by molar-refractivity contribution is 0.135. The van der Waals surface area contributed by atoms with E-state index < -0.39 is 8.72 Å². The molecule has 0 unspecified atom stereocenters. The van der Waals surface area contributed by atoms with Gasteiger partial charge in [-0.1, -0.05) is 20.3 Å². The van der Waals surface area contributed by atoms with Gasteiger partial charge in [-0.05, 0) is 38.8 Å². The predicted molar refractivity (Wildman–Crippen MR) is 69.5 cm³/mol. The van der Waals surface area contributed by atoms with Gasteiger partial charge in [0.2, 0.25) is 0 Å². The second kappa shape index (κ2) is 6.74. The molecule has 0 radical (unpaired) electrons. The molecule has 16 heavy (non-hydrogen) atoms. The summed E-state index contributed by atoms with van der Waals surface area (Å²) in [5.74, 6) is 0. The second-order valence-electron chi connectivity index (χ2n) is 4.60. The summed E-state index contributed by atoms with van der Waals surface area (Å²) < 4.78 is 14.3. The SMILES string of the molecule is CCC(CC)[Si](OC)(OC)N1CCCCC1. The quantitative estimate of drug-likeness (QED) is 0.672. The number of piperidine rings is 1. The Balaban J connectivity index is 2.83. The van der Waals surface area contributed by atoms with Crippen LogP contribution in [0.5, 0.6) is 0 Å². The molecule has 4 heteroatoms. The van der Waals surface area contributed by atoms with Gasteiger partial charge in [-0.3, -0.25) is 4.57 Å². The molecule has 1 fully saturated rings. The molecule has 0 amide bonds. The molecule has 0 bridgehead atoms. The Morgan fingerprint density at radius 1 is 1.00 bits per heavy atom. The summed E-state index contributed by atoms with van der Waals surface area (Å²) in [4.78, 5) is 0. The molecule has 0 aromatic rings. The highest BCUT2D eigenvalue weighted by molar-refractivity contribution is 6.66. The minimum absolute atomic E-state index is 0.584. The maximum Gasteiger partial charge on any atom is 0.430 e. The van der Waals surface area contributed by atoms with Crippen LogP contribution in [0.3, 0.4) is 0 Å². The summed E-state index contributed by atoms with van der Waals surface area (Å²) in [6.45, 7) is 6.81. The highest BCUT2D eigenvalue weighted by Crippen LogP contribution is 2.34. The Labute approximate surface area is 101 Å². The average Bonchev–Trinajstić information content (AvgIpc) is 2.37. The van der Waals surface area contributed by atoms with Crippen LogP contribution in [0, 0.1) is 0 Å². The summed E-state index contributed by atoms with van der Waals surface area (Å²) in [5, 5.41) is 0. The zero-order chi connectivity index (χ0) is 12.0. The Morgan fingerprint density at radius 3 is 1.88 bits per heavy atom. The predicted octanol–water partition coefficient (Wildman–Crippen LogP) is 2.89. The molecule has 1 rings (SSSR count). The molecule has 3 nitrogen and oxygen atoms in total. The lowest BCUT2D eigenvalue weighted by Gasteiger charge is -2.44. The first-order chi connectivity index (χ1) is 7.75. The maximum absolute atomic E-state index is 5.91. The van der Waals surface area contributed by atoms with Crippen LogP contribution in [-0.2, 0) is 8.85 Å². The van der Waals surface area contributed by atoms with Crippen LogP contribution in [-0.4, -0.2) is 40.6 Å². The van der Waals surface area contributed by atoms with Gasteiger partial charge in [-0.15, -0.1) is 0 Å². The van der Waals surface area contributed by atoms with Gasteiger partial charge in [0.1, 0.15) is 0 Å². The molecule has 0 aromatic carbocycles. The molecule has 1 saturated heterocycles. The van der Waals surface area contributed by atoms with Gasteiger partial charge in [0.05, 0.1) is 0 Å². The first-order valence-electron chi connectivity index (χ1n) is 6.60. The fourth-order valence-electron chi connectivity index (χ4n) is 2.94. The van der Waals surface area contributed by atoms with E-state index in [4.69, 9.17) is 8.85 Å². The largest absolute Gasteiger partial charge is 0.430 e. The van der Waals surface area contributed by atoms with E-state index in [1.165, 1.54) is 19.3 Å². The third-order valence-corrected chi connectivity index (χ3v) is 8.23. The molecular weight excluding hydrogens is 218 g/mol. The standard InChI is InChI=1S/C12H27NO2Si/c1-5-12(6-2)16(14-3,15-4)13-10-8-7-9-11-13/h12H,5-11H2,1-4H3. The first kappa shape index (κ1) is 14.2. The van der Waals surface area contributed by atoms with Gasteiger partial charge in [0.15, 0.2) is 0 Å². The van der Waals surface area contributed by atoms with E-state index in [-0.39, 0.29) is 0 Å². The Kier molecular flexibility index (Phi) is 5.96. The van der Waals surface area contributed by atoms with E-state index in [0.29, 0.717) is 5.54 Å². The van der Waals surface area contributed by atoms with Gasteiger partial charge in [-0.25, -0.2) is 0 Å². The van der Waals surface area contributed by atoms with Crippen molar-refractivity contribution in [3.05, 3.63) is 0 Å². The maximum atomic E-state index is 5.91. The highest BCUT2D eigenvalue weighted by Gasteiger charge is 2.49. The van der Waals surface area contributed by atoms with E-state index in [0.717, 1.165) is 25.9 Å². The van der Waals surface area contributed by atoms with Gasteiger partial charge in [0.25, 0.3) is 0 Å². The molecule has 0 N–H and O–H groups in total. The van der Waals surface area contributed by atoms with Crippen molar-refractivity contribution >= 4 is 8.72 Å². The van der Waals surface area contributed by atoms with Gasteiger partial charge in [-0.2, -0.15) is 0 Å². The lowest BCUT2D eigenvalue weighted by Crippen LogP contribution is -2.61. The Hall–Kier alpha value is 0.0969. The van der Waals surface area contributed by atoms with Gasteiger partial charge in [0, 0.05) is 19.8 Å². The molecule has 0 atom stereocenters. The lowest BCUT2D eigenvalue weighted by atomic mass is 10.2. The smallest absolute Gasteiger partial charge is 0.386 e. The van der Waals surface area contributed by atoms with Crippen LogP contribution in [0.2, 0.25) is 5.54 Å². The minimum Gasteiger partial charge on any atom is -0.386 e. The van der Waals surface area contributed by atoms with Crippen molar-refractivity contribution in [1.29, 1.82) is 0 Å². The Morgan fingerprint density at radius 2 is 1.50 bits per heavy atom. The van der Waals surface area contributed by atoms with Crippen molar-refractivity contribution in [2.45, 2.75) is 51.5 Å². The van der Waals surface area contributed by atoms with Crippen molar-refractivity contribution in [2.24, 2.45) is 0 Å². The minimum atomic E-state index is -2.14. The average molecular weight is 245 g/mol. The third kappa shape index (κ3) is 2.67. The molecule has 0 aromatic heterocycles. The topological polar surface area (TPSA) is 21.7 Å². The summed E-state index contributed by atoms with van der Waals surface area (Å²) >= 11 is 0. The molecule has 0 aliphatic carbocycles. The zero-order valence-corrected chi connectivity index (χ0v) is 12.3. The number of rotatable bonds is 6. The summed E-state index contributed by atoms with van der Waals surface area (Å²) in [7, 11) is 1.53. The second-order valence-corrected chi connectivity index (χ2v) is 8.13. The van der Waals surface area contributed by atoms with Crippen LogP contribution in [0.1, 0.15) is 46.0 Å². The van der Waals surface area contributed by atoms with Crippen molar-refractivity contribution < 1.29 is 8.85 Å². The van der Waals surface area contributed by atoms with Crippen molar-refractivity contribution in [3.63, 3.8) is 0 Å². The van der Waals surface area contributed by atoms with E-state index in [1.807, 2.05) is 14.2 Å². The van der Waals surface area contributed by atoms with Gasteiger partial charge < -0.3 is 8.85 Å².